The van der Waals surface area contributed by atoms with Crippen LogP contribution in [0.5, 0.6) is 5.75 Å². The molecule has 0 aliphatic rings. The molecular formula is C17H18N2O. The van der Waals surface area contributed by atoms with E-state index in [4.69, 9.17) is 10.00 Å². The number of nitriles is 1. The molecule has 0 atom stereocenters. The molecule has 2 rings (SSSR count). The number of ether oxygens (including phenoxy) is 1. The molecule has 0 aliphatic heterocycles. The van der Waals surface area contributed by atoms with Crippen LogP contribution in [0, 0.1) is 18.3 Å². The van der Waals surface area contributed by atoms with Crippen molar-refractivity contribution in [2.24, 2.45) is 0 Å². The smallest absolute Gasteiger partial charge is 0.136 e. The second-order valence-corrected chi connectivity index (χ2v) is 4.84. The van der Waals surface area contributed by atoms with Crippen LogP contribution >= 0.6 is 0 Å². The number of benzene rings is 2. The van der Waals surface area contributed by atoms with E-state index in [1.807, 2.05) is 12.1 Å². The van der Waals surface area contributed by atoms with Gasteiger partial charge in [0.15, 0.2) is 0 Å². The zero-order valence-electron chi connectivity index (χ0n) is 12.1. The summed E-state index contributed by atoms with van der Waals surface area (Å²) in [7, 11) is 3.64. The third-order valence-electron chi connectivity index (χ3n) is 3.28. The van der Waals surface area contributed by atoms with Crippen molar-refractivity contribution in [1.29, 1.82) is 5.26 Å². The average molecular weight is 266 g/mol. The van der Waals surface area contributed by atoms with E-state index in [-0.39, 0.29) is 0 Å². The summed E-state index contributed by atoms with van der Waals surface area (Å²) < 4.78 is 5.24. The summed E-state index contributed by atoms with van der Waals surface area (Å²) in [6, 6.07) is 16.2. The van der Waals surface area contributed by atoms with Crippen molar-refractivity contribution in [2.45, 2.75) is 13.5 Å². The molecule has 0 bridgehead atoms. The highest BCUT2D eigenvalue weighted by Gasteiger charge is 2.06. The van der Waals surface area contributed by atoms with Gasteiger partial charge in [0.05, 0.1) is 12.7 Å². The Labute approximate surface area is 120 Å². The number of aryl methyl sites for hydroxylation is 1. The van der Waals surface area contributed by atoms with Gasteiger partial charge in [0, 0.05) is 19.3 Å². The third-order valence-corrected chi connectivity index (χ3v) is 3.28. The van der Waals surface area contributed by atoms with Gasteiger partial charge in [-0.3, -0.25) is 0 Å². The maximum absolute atomic E-state index is 8.99. The Morgan fingerprint density at radius 2 is 1.85 bits per heavy atom. The van der Waals surface area contributed by atoms with Gasteiger partial charge in [-0.15, -0.1) is 0 Å². The molecule has 0 unspecified atom stereocenters. The lowest BCUT2D eigenvalue weighted by atomic mass is 10.1. The van der Waals surface area contributed by atoms with Crippen LogP contribution in [-0.4, -0.2) is 14.2 Å². The maximum atomic E-state index is 8.99. The van der Waals surface area contributed by atoms with Crippen LogP contribution in [0.15, 0.2) is 42.5 Å². The highest BCUT2D eigenvalue weighted by atomic mass is 16.5. The summed E-state index contributed by atoms with van der Waals surface area (Å²) in [6.07, 6.45) is 0. The highest BCUT2D eigenvalue weighted by Crippen LogP contribution is 2.22. The Balaban J connectivity index is 2.17. The van der Waals surface area contributed by atoms with Gasteiger partial charge in [-0.25, -0.2) is 0 Å². The Morgan fingerprint density at radius 3 is 2.45 bits per heavy atom. The van der Waals surface area contributed by atoms with Crippen molar-refractivity contribution in [3.05, 3.63) is 59.2 Å². The Hall–Kier alpha value is -2.47. The Bertz CT molecular complexity index is 626. The molecule has 2 aromatic carbocycles. The number of hydrogen-bond donors (Lipinski definition) is 0. The standard InChI is InChI=1S/C17H18N2O/c1-13-4-8-16(9-5-13)19(2)12-14-6-7-15(11-18)17(10-14)20-3/h4-10H,12H2,1-3H3. The maximum Gasteiger partial charge on any atom is 0.136 e. The van der Waals surface area contributed by atoms with E-state index in [0.29, 0.717) is 11.3 Å². The molecule has 0 aliphatic carbocycles. The lowest BCUT2D eigenvalue weighted by Crippen LogP contribution is -2.16. The average Bonchev–Trinajstić information content (AvgIpc) is 2.47. The predicted octanol–water partition coefficient (Wildman–Crippen LogP) is 3.51. The van der Waals surface area contributed by atoms with Crippen LogP contribution in [-0.2, 0) is 6.54 Å². The summed E-state index contributed by atoms with van der Waals surface area (Å²) >= 11 is 0. The van der Waals surface area contributed by atoms with Gasteiger partial charge in [0.1, 0.15) is 11.8 Å². The molecule has 0 saturated carbocycles. The van der Waals surface area contributed by atoms with E-state index in [1.54, 1.807) is 13.2 Å². The SMILES string of the molecule is COc1cc(CN(C)c2ccc(C)cc2)ccc1C#N. The molecule has 0 radical (unpaired) electrons. The third kappa shape index (κ3) is 3.10. The number of anilines is 1. The Kier molecular flexibility index (Phi) is 4.27. The molecule has 2 aromatic rings. The molecule has 0 N–H and O–H groups in total. The van der Waals surface area contributed by atoms with Crippen LogP contribution in [0.1, 0.15) is 16.7 Å². The first-order chi connectivity index (χ1) is 9.63. The molecule has 0 amide bonds. The summed E-state index contributed by atoms with van der Waals surface area (Å²) in [5, 5.41) is 8.99. The van der Waals surface area contributed by atoms with Crippen molar-refractivity contribution < 1.29 is 4.74 Å². The first-order valence-electron chi connectivity index (χ1n) is 6.49. The van der Waals surface area contributed by atoms with Gasteiger partial charge in [0.25, 0.3) is 0 Å². The molecule has 3 heteroatoms. The number of rotatable bonds is 4. The first-order valence-corrected chi connectivity index (χ1v) is 6.49. The van der Waals surface area contributed by atoms with Crippen molar-refractivity contribution in [1.82, 2.24) is 0 Å². The fourth-order valence-corrected chi connectivity index (χ4v) is 2.09. The Morgan fingerprint density at radius 1 is 1.15 bits per heavy atom. The molecule has 0 spiro atoms. The molecule has 3 nitrogen and oxygen atoms in total. The topological polar surface area (TPSA) is 36.3 Å². The highest BCUT2D eigenvalue weighted by molar-refractivity contribution is 5.49. The minimum absolute atomic E-state index is 0.564. The second kappa shape index (κ2) is 6.12. The molecular weight excluding hydrogens is 248 g/mol. The van der Waals surface area contributed by atoms with E-state index in [1.165, 1.54) is 11.3 Å². The minimum Gasteiger partial charge on any atom is -0.495 e. The number of hydrogen-bond acceptors (Lipinski definition) is 3. The summed E-state index contributed by atoms with van der Waals surface area (Å²) in [5.74, 6) is 0.627. The normalized spacial score (nSPS) is 9.90. The van der Waals surface area contributed by atoms with E-state index < -0.39 is 0 Å². The van der Waals surface area contributed by atoms with Gasteiger partial charge in [-0.1, -0.05) is 23.8 Å². The summed E-state index contributed by atoms with van der Waals surface area (Å²) in [5.41, 5.74) is 4.10. The molecule has 0 saturated heterocycles. The fourth-order valence-electron chi connectivity index (χ4n) is 2.09. The number of methoxy groups -OCH3 is 1. The first kappa shape index (κ1) is 14.0. The molecule has 20 heavy (non-hydrogen) atoms. The molecule has 0 heterocycles. The van der Waals surface area contributed by atoms with Crippen LogP contribution < -0.4 is 9.64 Å². The van der Waals surface area contributed by atoms with Crippen LogP contribution in [0.25, 0.3) is 0 Å². The summed E-state index contributed by atoms with van der Waals surface area (Å²) in [4.78, 5) is 2.17. The van der Waals surface area contributed by atoms with Gasteiger partial charge in [-0.05, 0) is 36.8 Å². The quantitative estimate of drug-likeness (QED) is 0.849. The fraction of sp³-hybridized carbons (Fsp3) is 0.235. The predicted molar refractivity (Wildman–Crippen MR) is 81.0 cm³/mol. The van der Waals surface area contributed by atoms with Gasteiger partial charge in [-0.2, -0.15) is 5.26 Å². The van der Waals surface area contributed by atoms with Gasteiger partial charge >= 0.3 is 0 Å². The molecule has 0 fully saturated rings. The van der Waals surface area contributed by atoms with E-state index >= 15 is 0 Å². The largest absolute Gasteiger partial charge is 0.495 e. The van der Waals surface area contributed by atoms with Crippen molar-refractivity contribution in [3.8, 4) is 11.8 Å². The lowest BCUT2D eigenvalue weighted by molar-refractivity contribution is 0.413. The van der Waals surface area contributed by atoms with E-state index in [0.717, 1.165) is 12.1 Å². The second-order valence-electron chi connectivity index (χ2n) is 4.84. The lowest BCUT2D eigenvalue weighted by Gasteiger charge is -2.20. The minimum atomic E-state index is 0.564. The van der Waals surface area contributed by atoms with E-state index in [2.05, 4.69) is 49.2 Å². The van der Waals surface area contributed by atoms with Crippen LogP contribution in [0.3, 0.4) is 0 Å². The van der Waals surface area contributed by atoms with Crippen LogP contribution in [0.4, 0.5) is 5.69 Å². The van der Waals surface area contributed by atoms with Crippen molar-refractivity contribution in [2.75, 3.05) is 19.1 Å². The van der Waals surface area contributed by atoms with Crippen molar-refractivity contribution in [3.63, 3.8) is 0 Å². The van der Waals surface area contributed by atoms with Gasteiger partial charge < -0.3 is 9.64 Å². The zero-order valence-corrected chi connectivity index (χ0v) is 12.1. The van der Waals surface area contributed by atoms with Gasteiger partial charge in [0.2, 0.25) is 0 Å². The molecule has 102 valence electrons. The number of nitrogens with zero attached hydrogens (tertiary/aromatic N) is 2. The van der Waals surface area contributed by atoms with Crippen LogP contribution in [0.2, 0.25) is 0 Å². The summed E-state index contributed by atoms with van der Waals surface area (Å²) in [6.45, 7) is 2.85. The zero-order chi connectivity index (χ0) is 14.5. The van der Waals surface area contributed by atoms with Crippen molar-refractivity contribution >= 4 is 5.69 Å². The monoisotopic (exact) mass is 266 g/mol. The van der Waals surface area contributed by atoms with E-state index in [9.17, 15) is 0 Å². The molecule has 0 aromatic heterocycles.